The second-order valence-electron chi connectivity index (χ2n) is 4.92. The van der Waals surface area contributed by atoms with Crippen LogP contribution in [0, 0.1) is 5.82 Å². The number of nitrogens with one attached hydrogen (secondary N) is 1. The minimum absolute atomic E-state index is 0.106. The first kappa shape index (κ1) is 15.9. The molecule has 0 fully saturated rings. The second kappa shape index (κ2) is 6.63. The van der Waals surface area contributed by atoms with Crippen LogP contribution in [0.4, 0.5) is 4.39 Å². The van der Waals surface area contributed by atoms with Crippen LogP contribution in [0.25, 0.3) is 5.69 Å². The molecule has 3 rings (SSSR count). The van der Waals surface area contributed by atoms with Gasteiger partial charge < -0.3 is 10.4 Å². The number of hydrogen-bond acceptors (Lipinski definition) is 4. The monoisotopic (exact) mass is 345 g/mol. The van der Waals surface area contributed by atoms with E-state index in [9.17, 15) is 14.0 Å². The SMILES string of the molecule is O=C(NCc1ccsc1C(=O)O)c1cnn(-c2cccc(F)c2)c1. The lowest BCUT2D eigenvalue weighted by atomic mass is 10.2. The van der Waals surface area contributed by atoms with Crippen molar-refractivity contribution in [3.63, 3.8) is 0 Å². The van der Waals surface area contributed by atoms with E-state index < -0.39 is 11.8 Å². The molecule has 2 aromatic heterocycles. The summed E-state index contributed by atoms with van der Waals surface area (Å²) in [7, 11) is 0. The van der Waals surface area contributed by atoms with Gasteiger partial charge in [0.2, 0.25) is 0 Å². The van der Waals surface area contributed by atoms with Crippen molar-refractivity contribution in [3.8, 4) is 5.69 Å². The summed E-state index contributed by atoms with van der Waals surface area (Å²) >= 11 is 1.11. The third kappa shape index (κ3) is 3.33. The number of carboxylic acid groups (broad SMARTS) is 1. The van der Waals surface area contributed by atoms with Crippen LogP contribution in [0.5, 0.6) is 0 Å². The molecule has 0 saturated carbocycles. The van der Waals surface area contributed by atoms with E-state index in [1.54, 1.807) is 23.6 Å². The van der Waals surface area contributed by atoms with E-state index in [2.05, 4.69) is 10.4 Å². The number of carbonyl (C=O) groups excluding carboxylic acids is 1. The van der Waals surface area contributed by atoms with Gasteiger partial charge in [-0.15, -0.1) is 11.3 Å². The molecule has 122 valence electrons. The van der Waals surface area contributed by atoms with Gasteiger partial charge in [-0.25, -0.2) is 13.9 Å². The number of amides is 1. The average molecular weight is 345 g/mol. The van der Waals surface area contributed by atoms with E-state index in [1.807, 2.05) is 0 Å². The molecule has 2 N–H and O–H groups in total. The van der Waals surface area contributed by atoms with Crippen molar-refractivity contribution in [1.82, 2.24) is 15.1 Å². The molecule has 3 aromatic rings. The van der Waals surface area contributed by atoms with E-state index in [0.717, 1.165) is 11.3 Å². The van der Waals surface area contributed by atoms with E-state index >= 15 is 0 Å². The lowest BCUT2D eigenvalue weighted by Crippen LogP contribution is -2.23. The maximum absolute atomic E-state index is 13.2. The van der Waals surface area contributed by atoms with Crippen molar-refractivity contribution in [3.05, 3.63) is 69.9 Å². The summed E-state index contributed by atoms with van der Waals surface area (Å²) in [5.41, 5.74) is 1.34. The fourth-order valence-corrected chi connectivity index (χ4v) is 2.90. The Morgan fingerprint density at radius 1 is 1.33 bits per heavy atom. The van der Waals surface area contributed by atoms with Crippen LogP contribution in [0.1, 0.15) is 25.6 Å². The maximum atomic E-state index is 13.2. The number of rotatable bonds is 5. The highest BCUT2D eigenvalue weighted by molar-refractivity contribution is 7.12. The van der Waals surface area contributed by atoms with Gasteiger partial charge in [-0.2, -0.15) is 5.10 Å². The van der Waals surface area contributed by atoms with Gasteiger partial charge in [-0.3, -0.25) is 4.79 Å². The summed E-state index contributed by atoms with van der Waals surface area (Å²) < 4.78 is 14.6. The topological polar surface area (TPSA) is 84.2 Å². The number of benzene rings is 1. The van der Waals surface area contributed by atoms with Crippen LogP contribution in [0.3, 0.4) is 0 Å². The number of aromatic nitrogens is 2. The standard InChI is InChI=1S/C16H12FN3O3S/c17-12-2-1-3-13(6-12)20-9-11(8-19-20)15(21)18-7-10-4-5-24-14(10)16(22)23/h1-6,8-9H,7H2,(H,18,21)(H,22,23). The normalized spacial score (nSPS) is 10.5. The Kier molecular flexibility index (Phi) is 4.39. The van der Waals surface area contributed by atoms with E-state index in [4.69, 9.17) is 5.11 Å². The molecule has 0 radical (unpaired) electrons. The number of carboxylic acids is 1. The Morgan fingerprint density at radius 2 is 2.17 bits per heavy atom. The Labute approximate surface area is 140 Å². The first-order valence-corrected chi connectivity index (χ1v) is 7.81. The molecule has 0 saturated heterocycles. The summed E-state index contributed by atoms with van der Waals surface area (Å²) in [6, 6.07) is 7.50. The van der Waals surface area contributed by atoms with Gasteiger partial charge in [0.1, 0.15) is 10.7 Å². The van der Waals surface area contributed by atoms with E-state index in [1.165, 1.54) is 29.2 Å². The van der Waals surface area contributed by atoms with Crippen molar-refractivity contribution in [2.24, 2.45) is 0 Å². The summed E-state index contributed by atoms with van der Waals surface area (Å²) in [5, 5.41) is 17.4. The van der Waals surface area contributed by atoms with Gasteiger partial charge in [-0.1, -0.05) is 6.07 Å². The summed E-state index contributed by atoms with van der Waals surface area (Å²) in [6.07, 6.45) is 2.85. The molecule has 0 aliphatic heterocycles. The summed E-state index contributed by atoms with van der Waals surface area (Å²) in [6.45, 7) is 0.106. The molecule has 2 heterocycles. The van der Waals surface area contributed by atoms with Gasteiger partial charge in [0.15, 0.2) is 0 Å². The quantitative estimate of drug-likeness (QED) is 0.745. The summed E-state index contributed by atoms with van der Waals surface area (Å²) in [5.74, 6) is -1.80. The Morgan fingerprint density at radius 3 is 2.92 bits per heavy atom. The Bertz CT molecular complexity index is 903. The van der Waals surface area contributed by atoms with Gasteiger partial charge in [0.05, 0.1) is 17.4 Å². The number of thiophene rings is 1. The molecular formula is C16H12FN3O3S. The fraction of sp³-hybridized carbons (Fsp3) is 0.0625. The number of hydrogen-bond donors (Lipinski definition) is 2. The highest BCUT2D eigenvalue weighted by Gasteiger charge is 2.14. The maximum Gasteiger partial charge on any atom is 0.346 e. The van der Waals surface area contributed by atoms with Gasteiger partial charge >= 0.3 is 5.97 Å². The van der Waals surface area contributed by atoms with Crippen LogP contribution >= 0.6 is 11.3 Å². The van der Waals surface area contributed by atoms with Crippen molar-refractivity contribution in [2.45, 2.75) is 6.54 Å². The molecule has 0 atom stereocenters. The van der Waals surface area contributed by atoms with Crippen LogP contribution in [-0.2, 0) is 6.54 Å². The van der Waals surface area contributed by atoms with Crippen LogP contribution in [-0.4, -0.2) is 26.8 Å². The molecule has 0 unspecified atom stereocenters. The zero-order chi connectivity index (χ0) is 17.1. The predicted octanol–water partition coefficient (Wildman–Crippen LogP) is 2.70. The number of carbonyl (C=O) groups is 2. The lowest BCUT2D eigenvalue weighted by Gasteiger charge is -2.03. The van der Waals surface area contributed by atoms with Crippen molar-refractivity contribution < 1.29 is 19.1 Å². The highest BCUT2D eigenvalue weighted by atomic mass is 32.1. The zero-order valence-corrected chi connectivity index (χ0v) is 13.1. The number of aromatic carboxylic acids is 1. The van der Waals surface area contributed by atoms with Crippen molar-refractivity contribution in [2.75, 3.05) is 0 Å². The first-order valence-electron chi connectivity index (χ1n) is 6.93. The van der Waals surface area contributed by atoms with Gasteiger partial charge in [0, 0.05) is 12.7 Å². The largest absolute Gasteiger partial charge is 0.477 e. The van der Waals surface area contributed by atoms with Gasteiger partial charge in [-0.05, 0) is 35.2 Å². The molecule has 6 nitrogen and oxygen atoms in total. The van der Waals surface area contributed by atoms with E-state index in [0.29, 0.717) is 16.8 Å². The molecule has 8 heteroatoms. The predicted molar refractivity (Wildman–Crippen MR) is 86.0 cm³/mol. The Balaban J connectivity index is 1.70. The molecule has 0 aliphatic rings. The Hall–Kier alpha value is -3.00. The third-order valence-electron chi connectivity index (χ3n) is 3.30. The minimum Gasteiger partial charge on any atom is -0.477 e. The van der Waals surface area contributed by atoms with Crippen molar-refractivity contribution >= 4 is 23.2 Å². The van der Waals surface area contributed by atoms with Crippen LogP contribution < -0.4 is 5.32 Å². The molecule has 1 amide bonds. The third-order valence-corrected chi connectivity index (χ3v) is 4.24. The lowest BCUT2D eigenvalue weighted by molar-refractivity contribution is 0.0700. The molecule has 0 bridgehead atoms. The van der Waals surface area contributed by atoms with Crippen molar-refractivity contribution in [1.29, 1.82) is 0 Å². The van der Waals surface area contributed by atoms with Crippen LogP contribution in [0.15, 0.2) is 48.1 Å². The average Bonchev–Trinajstić information content (AvgIpc) is 3.22. The first-order chi connectivity index (χ1) is 11.5. The van der Waals surface area contributed by atoms with E-state index in [-0.39, 0.29) is 17.3 Å². The summed E-state index contributed by atoms with van der Waals surface area (Å²) in [4.78, 5) is 23.4. The molecule has 0 spiro atoms. The zero-order valence-electron chi connectivity index (χ0n) is 12.3. The molecular weight excluding hydrogens is 333 g/mol. The number of nitrogens with zero attached hydrogens (tertiary/aromatic N) is 2. The van der Waals surface area contributed by atoms with Crippen LogP contribution in [0.2, 0.25) is 0 Å². The highest BCUT2D eigenvalue weighted by Crippen LogP contribution is 2.16. The molecule has 1 aromatic carbocycles. The van der Waals surface area contributed by atoms with Gasteiger partial charge in [0.25, 0.3) is 5.91 Å². The molecule has 24 heavy (non-hydrogen) atoms. The minimum atomic E-state index is -1.02. The molecule has 0 aliphatic carbocycles. The number of halogens is 1. The second-order valence-corrected chi connectivity index (χ2v) is 5.83. The smallest absolute Gasteiger partial charge is 0.346 e. The fourth-order valence-electron chi connectivity index (χ4n) is 2.14.